The lowest BCUT2D eigenvalue weighted by molar-refractivity contribution is -0.384. The number of anilines is 1. The number of nitrogens with zero attached hydrogens (tertiary/aromatic N) is 2. The number of non-ortho nitro benzene ring substituents is 1. The van der Waals surface area contributed by atoms with E-state index in [1.165, 1.54) is 18.2 Å². The van der Waals surface area contributed by atoms with Crippen LogP contribution in [0, 0.1) is 10.1 Å². The Hall–Kier alpha value is -2.17. The van der Waals surface area contributed by atoms with Gasteiger partial charge < -0.3 is 4.74 Å². The molecule has 2 rings (SSSR count). The molecular weight excluding hydrogens is 392 g/mol. The Kier molecular flexibility index (Phi) is 5.98. The highest BCUT2D eigenvalue weighted by molar-refractivity contribution is 7.94. The molecule has 0 amide bonds. The van der Waals surface area contributed by atoms with E-state index in [0.717, 1.165) is 23.5 Å². The third kappa shape index (κ3) is 4.27. The number of nitro groups is 1. The van der Waals surface area contributed by atoms with Crippen LogP contribution < -0.4 is 4.31 Å². The minimum atomic E-state index is -4.15. The van der Waals surface area contributed by atoms with Crippen LogP contribution in [0.5, 0.6) is 0 Å². The summed E-state index contributed by atoms with van der Waals surface area (Å²) in [6.45, 7) is 0.986. The van der Waals surface area contributed by atoms with Crippen LogP contribution in [0.15, 0.2) is 39.9 Å². The van der Waals surface area contributed by atoms with Crippen molar-refractivity contribution in [2.24, 2.45) is 0 Å². The fourth-order valence-electron chi connectivity index (χ4n) is 1.95. The zero-order valence-corrected chi connectivity index (χ0v) is 15.3. The second kappa shape index (κ2) is 7.81. The van der Waals surface area contributed by atoms with Crippen molar-refractivity contribution in [1.29, 1.82) is 0 Å². The van der Waals surface area contributed by atoms with E-state index in [1.54, 1.807) is 12.3 Å². The van der Waals surface area contributed by atoms with Crippen LogP contribution in [0.1, 0.15) is 6.92 Å². The molecule has 0 N–H and O–H groups in total. The smallest absolute Gasteiger partial charge is 0.326 e. The summed E-state index contributed by atoms with van der Waals surface area (Å²) in [7, 11) is -4.15. The van der Waals surface area contributed by atoms with E-state index < -0.39 is 27.5 Å². The van der Waals surface area contributed by atoms with E-state index in [9.17, 15) is 23.3 Å². The maximum Gasteiger partial charge on any atom is 0.326 e. The first-order valence-corrected chi connectivity index (χ1v) is 9.63. The van der Waals surface area contributed by atoms with Crippen LogP contribution in [0.2, 0.25) is 5.02 Å². The average Bonchev–Trinajstić information content (AvgIpc) is 3.08. The Morgan fingerprint density at radius 2 is 2.12 bits per heavy atom. The van der Waals surface area contributed by atoms with Gasteiger partial charge >= 0.3 is 5.97 Å². The SMILES string of the molecule is CCOC(=O)CN(c1cc([N+](=O)[O-])ccc1Cl)S(=O)(=O)c1cccs1. The van der Waals surface area contributed by atoms with Gasteiger partial charge in [-0.15, -0.1) is 11.3 Å². The number of halogens is 1. The number of carbonyl (C=O) groups is 1. The molecule has 1 aromatic heterocycles. The molecule has 0 aliphatic carbocycles. The number of ether oxygens (including phenoxy) is 1. The van der Waals surface area contributed by atoms with Gasteiger partial charge in [0.05, 0.1) is 22.2 Å². The van der Waals surface area contributed by atoms with Gasteiger partial charge in [0.15, 0.2) is 0 Å². The van der Waals surface area contributed by atoms with Gasteiger partial charge in [0, 0.05) is 12.1 Å². The zero-order valence-electron chi connectivity index (χ0n) is 12.9. The molecule has 1 aromatic carbocycles. The summed E-state index contributed by atoms with van der Waals surface area (Å²) in [4.78, 5) is 22.2. The minimum Gasteiger partial charge on any atom is -0.465 e. The molecule has 0 unspecified atom stereocenters. The fraction of sp³-hybridized carbons (Fsp3) is 0.214. The topological polar surface area (TPSA) is 107 Å². The van der Waals surface area contributed by atoms with Crippen LogP contribution in [0.25, 0.3) is 0 Å². The molecule has 134 valence electrons. The van der Waals surface area contributed by atoms with E-state index in [2.05, 4.69) is 0 Å². The van der Waals surface area contributed by atoms with Crippen molar-refractivity contribution in [3.05, 3.63) is 50.8 Å². The van der Waals surface area contributed by atoms with Gasteiger partial charge in [0.25, 0.3) is 15.7 Å². The number of hydrogen-bond donors (Lipinski definition) is 0. The maximum atomic E-state index is 12.9. The van der Waals surface area contributed by atoms with Crippen LogP contribution in [0.3, 0.4) is 0 Å². The normalized spacial score (nSPS) is 11.1. The standard InChI is InChI=1S/C14H13ClN2O6S2/c1-2-23-13(18)9-16(25(21,22)14-4-3-7-24-14)12-8-10(17(19)20)5-6-11(12)15/h3-8H,2,9H2,1H3. The number of carbonyl (C=O) groups excluding carboxylic acids is 1. The van der Waals surface area contributed by atoms with Crippen LogP contribution in [-0.2, 0) is 19.6 Å². The molecule has 11 heteroatoms. The van der Waals surface area contributed by atoms with Gasteiger partial charge in [-0.25, -0.2) is 8.42 Å². The number of sulfonamides is 1. The Morgan fingerprint density at radius 1 is 1.40 bits per heavy atom. The molecule has 0 radical (unpaired) electrons. The zero-order chi connectivity index (χ0) is 18.6. The molecule has 0 aliphatic rings. The summed E-state index contributed by atoms with van der Waals surface area (Å²) in [5.74, 6) is -0.801. The highest BCUT2D eigenvalue weighted by Gasteiger charge is 2.31. The molecule has 0 atom stereocenters. The van der Waals surface area contributed by atoms with E-state index in [1.807, 2.05) is 0 Å². The van der Waals surface area contributed by atoms with Gasteiger partial charge in [-0.3, -0.25) is 19.2 Å². The lowest BCUT2D eigenvalue weighted by Crippen LogP contribution is -2.36. The second-order valence-electron chi connectivity index (χ2n) is 4.64. The Labute approximate surface area is 152 Å². The third-order valence-electron chi connectivity index (χ3n) is 3.03. The number of nitro benzene ring substituents is 1. The molecule has 1 heterocycles. The molecule has 2 aromatic rings. The minimum absolute atomic E-state index is 0.0284. The first-order chi connectivity index (χ1) is 11.8. The van der Waals surface area contributed by atoms with Gasteiger partial charge in [-0.2, -0.15) is 0 Å². The first kappa shape index (κ1) is 19.2. The second-order valence-corrected chi connectivity index (χ2v) is 8.09. The van der Waals surface area contributed by atoms with E-state index in [4.69, 9.17) is 16.3 Å². The number of thiophene rings is 1. The Morgan fingerprint density at radius 3 is 2.68 bits per heavy atom. The third-order valence-corrected chi connectivity index (χ3v) is 6.48. The fourth-order valence-corrected chi connectivity index (χ4v) is 4.74. The van der Waals surface area contributed by atoms with Crippen LogP contribution >= 0.6 is 22.9 Å². The number of benzene rings is 1. The Bertz CT molecular complexity index is 883. The molecule has 0 saturated carbocycles. The first-order valence-electron chi connectivity index (χ1n) is 6.93. The molecular formula is C14H13ClN2O6S2. The van der Waals surface area contributed by atoms with E-state index >= 15 is 0 Å². The quantitative estimate of drug-likeness (QED) is 0.398. The summed E-state index contributed by atoms with van der Waals surface area (Å²) in [5.41, 5.74) is -0.521. The molecule has 0 spiro atoms. The highest BCUT2D eigenvalue weighted by Crippen LogP contribution is 2.34. The van der Waals surface area contributed by atoms with Crippen molar-refractivity contribution >= 4 is 50.3 Å². The molecule has 0 aliphatic heterocycles. The molecule has 25 heavy (non-hydrogen) atoms. The van der Waals surface area contributed by atoms with Crippen molar-refractivity contribution in [1.82, 2.24) is 0 Å². The van der Waals surface area contributed by atoms with Crippen molar-refractivity contribution < 1.29 is 22.9 Å². The van der Waals surface area contributed by atoms with Crippen molar-refractivity contribution in [2.45, 2.75) is 11.1 Å². The summed E-state index contributed by atoms with van der Waals surface area (Å²) >= 11 is 7.00. The van der Waals surface area contributed by atoms with E-state index in [0.29, 0.717) is 4.31 Å². The highest BCUT2D eigenvalue weighted by atomic mass is 35.5. The lowest BCUT2D eigenvalue weighted by atomic mass is 10.3. The molecule has 0 saturated heterocycles. The molecule has 8 nitrogen and oxygen atoms in total. The predicted molar refractivity (Wildman–Crippen MR) is 93.6 cm³/mol. The van der Waals surface area contributed by atoms with Crippen molar-refractivity contribution in [2.75, 3.05) is 17.5 Å². The summed E-state index contributed by atoms with van der Waals surface area (Å²) < 4.78 is 31.2. The van der Waals surface area contributed by atoms with Gasteiger partial charge in [-0.05, 0) is 24.4 Å². The van der Waals surface area contributed by atoms with Gasteiger partial charge in [-0.1, -0.05) is 17.7 Å². The maximum absolute atomic E-state index is 12.9. The number of rotatable bonds is 7. The van der Waals surface area contributed by atoms with Crippen molar-refractivity contribution in [3.8, 4) is 0 Å². The Balaban J connectivity index is 2.58. The summed E-state index contributed by atoms with van der Waals surface area (Å²) in [5, 5.41) is 12.5. The number of hydrogen-bond acceptors (Lipinski definition) is 7. The van der Waals surface area contributed by atoms with E-state index in [-0.39, 0.29) is 27.2 Å². The largest absolute Gasteiger partial charge is 0.465 e. The predicted octanol–water partition coefficient (Wildman–Crippen LogP) is 3.07. The van der Waals surface area contributed by atoms with Crippen LogP contribution in [0.4, 0.5) is 11.4 Å². The monoisotopic (exact) mass is 404 g/mol. The van der Waals surface area contributed by atoms with Gasteiger partial charge in [0.1, 0.15) is 10.8 Å². The molecule has 0 bridgehead atoms. The van der Waals surface area contributed by atoms with Gasteiger partial charge in [0.2, 0.25) is 0 Å². The molecule has 0 fully saturated rings. The lowest BCUT2D eigenvalue weighted by Gasteiger charge is -2.23. The number of esters is 1. The average molecular weight is 405 g/mol. The van der Waals surface area contributed by atoms with Crippen LogP contribution in [-0.4, -0.2) is 32.5 Å². The summed E-state index contributed by atoms with van der Waals surface area (Å²) in [6.07, 6.45) is 0. The summed E-state index contributed by atoms with van der Waals surface area (Å²) in [6, 6.07) is 6.26. The van der Waals surface area contributed by atoms with Crippen molar-refractivity contribution in [3.63, 3.8) is 0 Å².